The Morgan fingerprint density at radius 2 is 1.85 bits per heavy atom. The van der Waals surface area contributed by atoms with Gasteiger partial charge in [0.1, 0.15) is 18.3 Å². The minimum atomic E-state index is -0.735. The van der Waals surface area contributed by atoms with E-state index >= 15 is 0 Å². The lowest BCUT2D eigenvalue weighted by Gasteiger charge is -2.17. The Labute approximate surface area is 162 Å². The molecule has 7 heteroatoms. The zero-order chi connectivity index (χ0) is 19.5. The molecule has 0 radical (unpaired) electrons. The molecule has 0 aliphatic carbocycles. The summed E-state index contributed by atoms with van der Waals surface area (Å²) >= 11 is 1.54. The quantitative estimate of drug-likeness (QED) is 0.649. The molecule has 0 aliphatic rings. The van der Waals surface area contributed by atoms with Crippen LogP contribution in [0.2, 0.25) is 0 Å². The van der Waals surface area contributed by atoms with E-state index in [9.17, 15) is 9.59 Å². The summed E-state index contributed by atoms with van der Waals surface area (Å²) in [7, 11) is 1.55. The number of methoxy groups -OCH3 is 1. The van der Waals surface area contributed by atoms with E-state index in [1.807, 2.05) is 36.4 Å². The Kier molecular flexibility index (Phi) is 8.20. The molecular weight excluding hydrogens is 362 g/mol. The zero-order valence-electron chi connectivity index (χ0n) is 15.0. The minimum Gasteiger partial charge on any atom is -0.497 e. The maximum absolute atomic E-state index is 12.5. The Bertz CT molecular complexity index is 788. The summed E-state index contributed by atoms with van der Waals surface area (Å²) in [5.74, 6) is 1.04. The molecule has 0 spiro atoms. The topological polar surface area (TPSA) is 91.2 Å². The van der Waals surface area contributed by atoms with Crippen LogP contribution in [0, 0.1) is 11.3 Å². The lowest BCUT2D eigenvalue weighted by molar-refractivity contribution is -0.122. The van der Waals surface area contributed by atoms with E-state index in [0.29, 0.717) is 17.1 Å². The summed E-state index contributed by atoms with van der Waals surface area (Å²) < 4.78 is 5.08. The highest BCUT2D eigenvalue weighted by atomic mass is 32.2. The number of nitriles is 1. The maximum atomic E-state index is 12.5. The Hall–Kier alpha value is -2.98. The lowest BCUT2D eigenvalue weighted by Crippen LogP contribution is -2.48. The van der Waals surface area contributed by atoms with Gasteiger partial charge in [0.2, 0.25) is 5.91 Å². The second-order valence-electron chi connectivity index (χ2n) is 5.63. The smallest absolute Gasteiger partial charge is 0.251 e. The highest BCUT2D eigenvalue weighted by molar-refractivity contribution is 7.98. The average molecular weight is 383 g/mol. The van der Waals surface area contributed by atoms with E-state index in [1.54, 1.807) is 43.1 Å². The molecule has 2 aromatic carbocycles. The number of benzene rings is 2. The first kappa shape index (κ1) is 20.3. The van der Waals surface area contributed by atoms with Gasteiger partial charge < -0.3 is 15.4 Å². The van der Waals surface area contributed by atoms with Gasteiger partial charge in [0.15, 0.2) is 0 Å². The van der Waals surface area contributed by atoms with Crippen molar-refractivity contribution in [2.45, 2.75) is 11.8 Å². The Morgan fingerprint density at radius 1 is 1.15 bits per heavy atom. The first-order valence-electron chi connectivity index (χ1n) is 8.35. The lowest BCUT2D eigenvalue weighted by atomic mass is 10.2. The van der Waals surface area contributed by atoms with Crippen molar-refractivity contribution in [3.63, 3.8) is 0 Å². The number of rotatable bonds is 9. The fourth-order valence-corrected chi connectivity index (χ4v) is 3.30. The van der Waals surface area contributed by atoms with Crippen molar-refractivity contribution in [2.24, 2.45) is 0 Å². The van der Waals surface area contributed by atoms with Gasteiger partial charge in [-0.3, -0.25) is 9.59 Å². The first-order valence-corrected chi connectivity index (χ1v) is 9.50. The van der Waals surface area contributed by atoms with Crippen LogP contribution < -0.4 is 15.4 Å². The minimum absolute atomic E-state index is 0.100. The molecule has 0 unspecified atom stereocenters. The summed E-state index contributed by atoms with van der Waals surface area (Å²) in [4.78, 5) is 24.8. The normalized spacial score (nSPS) is 11.1. The summed E-state index contributed by atoms with van der Waals surface area (Å²) in [6.45, 7) is -0.100. The number of carbonyl (C=O) groups excluding carboxylic acids is 2. The maximum Gasteiger partial charge on any atom is 0.251 e. The van der Waals surface area contributed by atoms with Crippen LogP contribution in [-0.2, 0) is 10.5 Å². The highest BCUT2D eigenvalue weighted by Crippen LogP contribution is 2.14. The van der Waals surface area contributed by atoms with Crippen LogP contribution in [0.5, 0.6) is 5.75 Å². The summed E-state index contributed by atoms with van der Waals surface area (Å²) in [6, 6.07) is 17.6. The van der Waals surface area contributed by atoms with E-state index in [1.165, 1.54) is 0 Å². The highest BCUT2D eigenvalue weighted by Gasteiger charge is 2.21. The van der Waals surface area contributed by atoms with Crippen LogP contribution in [0.25, 0.3) is 0 Å². The monoisotopic (exact) mass is 383 g/mol. The molecule has 2 rings (SSSR count). The fraction of sp³-hybridized carbons (Fsp3) is 0.250. The summed E-state index contributed by atoms with van der Waals surface area (Å²) in [5, 5.41) is 13.9. The predicted molar refractivity (Wildman–Crippen MR) is 105 cm³/mol. The van der Waals surface area contributed by atoms with Crippen LogP contribution in [-0.4, -0.2) is 37.3 Å². The molecule has 2 amide bonds. The molecule has 0 fully saturated rings. The standard InChI is InChI=1S/C20H21N3O3S/c1-26-17-9-7-16(8-10-17)19(24)23-18(20(25)22-12-11-21)14-27-13-15-5-3-2-4-6-15/h2-10,18H,12-14H2,1H3,(H,22,25)(H,23,24)/t18-/m0/s1. The third-order valence-electron chi connectivity index (χ3n) is 3.71. The number of hydrogen-bond donors (Lipinski definition) is 2. The van der Waals surface area contributed by atoms with Crippen molar-refractivity contribution >= 4 is 23.6 Å². The van der Waals surface area contributed by atoms with Gasteiger partial charge in [-0.05, 0) is 29.8 Å². The largest absolute Gasteiger partial charge is 0.497 e. The van der Waals surface area contributed by atoms with Crippen molar-refractivity contribution in [2.75, 3.05) is 19.4 Å². The van der Waals surface area contributed by atoms with Crippen molar-refractivity contribution in [1.82, 2.24) is 10.6 Å². The van der Waals surface area contributed by atoms with Crippen LogP contribution in [0.1, 0.15) is 15.9 Å². The number of thioether (sulfide) groups is 1. The van der Waals surface area contributed by atoms with Gasteiger partial charge in [-0.25, -0.2) is 0 Å². The van der Waals surface area contributed by atoms with E-state index in [-0.39, 0.29) is 18.4 Å². The molecule has 0 aliphatic heterocycles. The zero-order valence-corrected chi connectivity index (χ0v) is 15.8. The van der Waals surface area contributed by atoms with Gasteiger partial charge in [0, 0.05) is 17.1 Å². The number of hydrogen-bond acceptors (Lipinski definition) is 5. The molecule has 2 aromatic rings. The van der Waals surface area contributed by atoms with E-state index in [4.69, 9.17) is 10.00 Å². The molecule has 1 atom stereocenters. The number of nitrogens with zero attached hydrogens (tertiary/aromatic N) is 1. The Morgan fingerprint density at radius 3 is 2.48 bits per heavy atom. The van der Waals surface area contributed by atoms with Crippen LogP contribution in [0.15, 0.2) is 54.6 Å². The predicted octanol–water partition coefficient (Wildman–Crippen LogP) is 2.37. The second kappa shape index (κ2) is 10.9. The average Bonchev–Trinajstić information content (AvgIpc) is 2.72. The van der Waals surface area contributed by atoms with Gasteiger partial charge in [0.25, 0.3) is 5.91 Å². The molecule has 140 valence electrons. The third-order valence-corrected chi connectivity index (χ3v) is 4.82. The molecule has 0 saturated heterocycles. The SMILES string of the molecule is COc1ccc(C(=O)N[C@@H](CSCc2ccccc2)C(=O)NCC#N)cc1. The van der Waals surface area contributed by atoms with Crippen molar-refractivity contribution < 1.29 is 14.3 Å². The number of amides is 2. The van der Waals surface area contributed by atoms with Gasteiger partial charge >= 0.3 is 0 Å². The van der Waals surface area contributed by atoms with Crippen molar-refractivity contribution in [3.8, 4) is 11.8 Å². The molecule has 6 nitrogen and oxygen atoms in total. The number of ether oxygens (including phenoxy) is 1. The molecule has 0 bridgehead atoms. The number of nitrogens with one attached hydrogen (secondary N) is 2. The van der Waals surface area contributed by atoms with E-state index < -0.39 is 6.04 Å². The second-order valence-corrected chi connectivity index (χ2v) is 6.66. The van der Waals surface area contributed by atoms with Crippen LogP contribution in [0.4, 0.5) is 0 Å². The molecular formula is C20H21N3O3S. The molecule has 27 heavy (non-hydrogen) atoms. The van der Waals surface area contributed by atoms with Crippen LogP contribution >= 0.6 is 11.8 Å². The molecule has 2 N–H and O–H groups in total. The molecule has 0 aromatic heterocycles. The fourth-order valence-electron chi connectivity index (χ4n) is 2.29. The molecule has 0 heterocycles. The molecule has 0 saturated carbocycles. The Balaban J connectivity index is 1.98. The summed E-state index contributed by atoms with van der Waals surface area (Å²) in [6.07, 6.45) is 0. The summed E-state index contributed by atoms with van der Waals surface area (Å²) in [5.41, 5.74) is 1.57. The van der Waals surface area contributed by atoms with Gasteiger partial charge in [-0.2, -0.15) is 17.0 Å². The van der Waals surface area contributed by atoms with Gasteiger partial charge in [-0.15, -0.1) is 0 Å². The van der Waals surface area contributed by atoms with Crippen LogP contribution in [0.3, 0.4) is 0 Å². The van der Waals surface area contributed by atoms with Crippen molar-refractivity contribution in [3.05, 3.63) is 65.7 Å². The first-order chi connectivity index (χ1) is 13.1. The van der Waals surface area contributed by atoms with Crippen molar-refractivity contribution in [1.29, 1.82) is 5.26 Å². The number of carbonyl (C=O) groups is 2. The van der Waals surface area contributed by atoms with E-state index in [2.05, 4.69) is 10.6 Å². The van der Waals surface area contributed by atoms with E-state index in [0.717, 1.165) is 11.3 Å². The third kappa shape index (κ3) is 6.68. The van der Waals surface area contributed by atoms with Gasteiger partial charge in [0.05, 0.1) is 13.2 Å². The van der Waals surface area contributed by atoms with Gasteiger partial charge in [-0.1, -0.05) is 30.3 Å².